The Morgan fingerprint density at radius 1 is 1.42 bits per heavy atom. The number of nitrogens with one attached hydrogen (secondary N) is 1. The summed E-state index contributed by atoms with van der Waals surface area (Å²) in [4.78, 5) is 0. The van der Waals surface area contributed by atoms with Crippen molar-refractivity contribution in [3.05, 3.63) is 27.2 Å². The summed E-state index contributed by atoms with van der Waals surface area (Å²) in [6.07, 6.45) is 2.16. The van der Waals surface area contributed by atoms with Gasteiger partial charge in [-0.15, -0.1) is 0 Å². The van der Waals surface area contributed by atoms with Crippen molar-refractivity contribution < 1.29 is 4.74 Å². The van der Waals surface area contributed by atoms with Crippen molar-refractivity contribution in [3.63, 3.8) is 0 Å². The summed E-state index contributed by atoms with van der Waals surface area (Å²) in [6, 6.07) is 2.55. The van der Waals surface area contributed by atoms with Crippen LogP contribution < -0.4 is 10.1 Å². The second kappa shape index (κ2) is 5.45. The minimum Gasteiger partial charge on any atom is -0.487 e. The van der Waals surface area contributed by atoms with Gasteiger partial charge in [-0.3, -0.25) is 0 Å². The maximum atomic E-state index is 6.19. The third-order valence-corrected chi connectivity index (χ3v) is 4.98. The van der Waals surface area contributed by atoms with Crippen molar-refractivity contribution in [2.24, 2.45) is 0 Å². The second-order valence-electron chi connectivity index (χ2n) is 6.12. The van der Waals surface area contributed by atoms with Crippen molar-refractivity contribution in [2.45, 2.75) is 59.1 Å². The summed E-state index contributed by atoms with van der Waals surface area (Å²) >= 11 is 3.70. The predicted molar refractivity (Wildman–Crippen MR) is 84.0 cm³/mol. The van der Waals surface area contributed by atoms with Gasteiger partial charge in [-0.1, -0.05) is 22.9 Å². The quantitative estimate of drug-likeness (QED) is 0.872. The molecule has 2 nitrogen and oxygen atoms in total. The van der Waals surface area contributed by atoms with Gasteiger partial charge in [0.1, 0.15) is 11.4 Å². The zero-order valence-electron chi connectivity index (χ0n) is 12.6. The fourth-order valence-electron chi connectivity index (χ4n) is 2.88. The molecule has 2 rings (SSSR count). The number of hydrogen-bond acceptors (Lipinski definition) is 2. The molecule has 0 saturated heterocycles. The van der Waals surface area contributed by atoms with E-state index in [1.807, 2.05) is 0 Å². The molecular formula is C16H24BrNO. The molecule has 0 bridgehead atoms. The van der Waals surface area contributed by atoms with Crippen LogP contribution in [0.5, 0.6) is 5.75 Å². The highest BCUT2D eigenvalue weighted by Gasteiger charge is 2.35. The van der Waals surface area contributed by atoms with E-state index in [9.17, 15) is 0 Å². The molecule has 3 heteroatoms. The lowest BCUT2D eigenvalue weighted by Gasteiger charge is -2.39. The summed E-state index contributed by atoms with van der Waals surface area (Å²) in [6.45, 7) is 11.9. The van der Waals surface area contributed by atoms with Gasteiger partial charge >= 0.3 is 0 Å². The van der Waals surface area contributed by atoms with Gasteiger partial charge in [-0.05, 0) is 57.9 Å². The van der Waals surface area contributed by atoms with Crippen LogP contribution in [-0.2, 0) is 0 Å². The summed E-state index contributed by atoms with van der Waals surface area (Å²) in [5, 5.41) is 3.67. The monoisotopic (exact) mass is 325 g/mol. The van der Waals surface area contributed by atoms with E-state index in [0.717, 1.165) is 25.1 Å². The molecule has 1 aliphatic heterocycles. The molecule has 1 aromatic carbocycles. The van der Waals surface area contributed by atoms with Crippen molar-refractivity contribution in [1.29, 1.82) is 0 Å². The van der Waals surface area contributed by atoms with Gasteiger partial charge in [0.25, 0.3) is 0 Å². The molecule has 1 atom stereocenters. The molecule has 0 spiro atoms. The Bertz CT molecular complexity index is 482. The number of ether oxygens (including phenoxy) is 1. The molecule has 0 radical (unpaired) electrons. The van der Waals surface area contributed by atoms with Crippen LogP contribution in [0.15, 0.2) is 10.5 Å². The van der Waals surface area contributed by atoms with E-state index < -0.39 is 0 Å². The van der Waals surface area contributed by atoms with Crippen LogP contribution in [0.4, 0.5) is 0 Å². The zero-order valence-corrected chi connectivity index (χ0v) is 14.1. The number of benzene rings is 1. The van der Waals surface area contributed by atoms with Crippen LogP contribution in [0.1, 0.15) is 56.3 Å². The highest BCUT2D eigenvalue weighted by Crippen LogP contribution is 2.44. The zero-order chi connectivity index (χ0) is 14.2. The Morgan fingerprint density at radius 3 is 2.74 bits per heavy atom. The molecule has 0 amide bonds. The van der Waals surface area contributed by atoms with E-state index >= 15 is 0 Å². The molecule has 1 unspecified atom stereocenters. The van der Waals surface area contributed by atoms with Gasteiger partial charge in [0, 0.05) is 22.5 Å². The number of fused-ring (bicyclic) bond motifs is 1. The Kier molecular flexibility index (Phi) is 4.26. The molecule has 19 heavy (non-hydrogen) atoms. The van der Waals surface area contributed by atoms with Crippen molar-refractivity contribution >= 4 is 15.9 Å². The lowest BCUT2D eigenvalue weighted by Crippen LogP contribution is -2.40. The molecule has 0 aliphatic carbocycles. The van der Waals surface area contributed by atoms with Crippen LogP contribution >= 0.6 is 15.9 Å². The van der Waals surface area contributed by atoms with E-state index in [4.69, 9.17) is 4.74 Å². The smallest absolute Gasteiger partial charge is 0.125 e. The van der Waals surface area contributed by atoms with E-state index in [1.54, 1.807) is 0 Å². The lowest BCUT2D eigenvalue weighted by atomic mass is 9.86. The molecular weight excluding hydrogens is 302 g/mol. The molecule has 1 N–H and O–H groups in total. The summed E-state index contributed by atoms with van der Waals surface area (Å²) in [5.74, 6) is 1.04. The molecule has 1 aromatic rings. The summed E-state index contributed by atoms with van der Waals surface area (Å²) in [7, 11) is 0. The third kappa shape index (κ3) is 2.97. The number of hydrogen-bond donors (Lipinski definition) is 1. The van der Waals surface area contributed by atoms with Crippen LogP contribution in [0, 0.1) is 13.8 Å². The van der Waals surface area contributed by atoms with E-state index in [0.29, 0.717) is 6.04 Å². The van der Waals surface area contributed by atoms with Gasteiger partial charge in [0.05, 0.1) is 0 Å². The molecule has 1 heterocycles. The van der Waals surface area contributed by atoms with Crippen molar-refractivity contribution in [1.82, 2.24) is 5.32 Å². The minimum absolute atomic E-state index is 0.106. The Hall–Kier alpha value is -0.540. The van der Waals surface area contributed by atoms with Gasteiger partial charge in [-0.25, -0.2) is 0 Å². The Morgan fingerprint density at radius 2 is 2.11 bits per heavy atom. The average molecular weight is 326 g/mol. The van der Waals surface area contributed by atoms with Crippen LogP contribution in [0.2, 0.25) is 0 Å². The first-order valence-electron chi connectivity index (χ1n) is 7.07. The first kappa shape index (κ1) is 14.9. The first-order valence-corrected chi connectivity index (χ1v) is 7.87. The van der Waals surface area contributed by atoms with Gasteiger partial charge in [0.2, 0.25) is 0 Å². The Balaban J connectivity index is 2.48. The number of rotatable bonds is 3. The maximum Gasteiger partial charge on any atom is 0.125 e. The van der Waals surface area contributed by atoms with Gasteiger partial charge < -0.3 is 10.1 Å². The topological polar surface area (TPSA) is 21.3 Å². The Labute approximate surface area is 125 Å². The van der Waals surface area contributed by atoms with Crippen molar-refractivity contribution in [2.75, 3.05) is 6.54 Å². The number of aryl methyl sites for hydroxylation is 1. The molecule has 0 aromatic heterocycles. The first-order chi connectivity index (χ1) is 8.85. The summed E-state index contributed by atoms with van der Waals surface area (Å²) in [5.41, 5.74) is 3.76. The third-order valence-electron chi connectivity index (χ3n) is 3.76. The highest BCUT2D eigenvalue weighted by molar-refractivity contribution is 9.10. The summed E-state index contributed by atoms with van der Waals surface area (Å²) < 4.78 is 7.39. The molecule has 106 valence electrons. The minimum atomic E-state index is -0.106. The standard InChI is InChI=1S/C16H24BrNO/c1-6-7-18-12-9-16(4,5)19-13-8-10(2)15(17)11(3)14(12)13/h8,12,18H,6-7,9H2,1-5H3. The SMILES string of the molecule is CCCNC1CC(C)(C)Oc2cc(C)c(Br)c(C)c21. The van der Waals surface area contributed by atoms with Crippen LogP contribution in [0.25, 0.3) is 0 Å². The van der Waals surface area contributed by atoms with Gasteiger partial charge in [-0.2, -0.15) is 0 Å². The predicted octanol–water partition coefficient (Wildman–Crippen LogP) is 4.67. The largest absolute Gasteiger partial charge is 0.487 e. The number of halogens is 1. The van der Waals surface area contributed by atoms with Crippen LogP contribution in [0.3, 0.4) is 0 Å². The van der Waals surface area contributed by atoms with Crippen LogP contribution in [-0.4, -0.2) is 12.1 Å². The van der Waals surface area contributed by atoms with E-state index in [2.05, 4.69) is 61.9 Å². The normalized spacial score (nSPS) is 20.8. The molecule has 0 saturated carbocycles. The fourth-order valence-corrected chi connectivity index (χ4v) is 3.21. The average Bonchev–Trinajstić information content (AvgIpc) is 2.31. The lowest BCUT2D eigenvalue weighted by molar-refractivity contribution is 0.0657. The second-order valence-corrected chi connectivity index (χ2v) is 6.91. The van der Waals surface area contributed by atoms with E-state index in [-0.39, 0.29) is 5.60 Å². The maximum absolute atomic E-state index is 6.19. The van der Waals surface area contributed by atoms with Gasteiger partial charge in [0.15, 0.2) is 0 Å². The van der Waals surface area contributed by atoms with E-state index in [1.165, 1.54) is 21.2 Å². The molecule has 0 fully saturated rings. The molecule has 1 aliphatic rings. The van der Waals surface area contributed by atoms with Crippen molar-refractivity contribution in [3.8, 4) is 5.75 Å². The fraction of sp³-hybridized carbons (Fsp3) is 0.625. The highest BCUT2D eigenvalue weighted by atomic mass is 79.9.